The van der Waals surface area contributed by atoms with Gasteiger partial charge >= 0.3 is 11.8 Å². The van der Waals surface area contributed by atoms with Crippen molar-refractivity contribution in [3.63, 3.8) is 0 Å². The number of thioether (sulfide) groups is 1. The van der Waals surface area contributed by atoms with E-state index in [0.29, 0.717) is 49.1 Å². The first-order valence-corrected chi connectivity index (χ1v) is 13.4. The zero-order valence-electron chi connectivity index (χ0n) is 19.6. The molecule has 11 heteroatoms. The summed E-state index contributed by atoms with van der Waals surface area (Å²) < 4.78 is 8.01. The van der Waals surface area contributed by atoms with E-state index in [2.05, 4.69) is 25.8 Å². The first kappa shape index (κ1) is 25.3. The number of carbonyl (C=O) groups is 2. The fraction of sp³-hybridized carbons (Fsp3) is 0.565. The lowest BCUT2D eigenvalue weighted by Gasteiger charge is -2.41. The average Bonchev–Trinajstić information content (AvgIpc) is 2.76. The number of hydrogen-bond donors (Lipinski definition) is 0. The standard InChI is InChI=1S/C23H28BrClN4O4S/c1-13-11-27(22(32)33-23(2,3)4)7-8-28(13)20-15-10-16(25)17(24)19-18(15)29(21(31)26-20)14(12-34-19)6-5-9-30/h9-10,13-14H,5-8,11-12H2,1-4H3/t13?,14-/m1/s1. The number of ether oxygens (including phenoxy) is 1. The second-order valence-electron chi connectivity index (χ2n) is 9.66. The van der Waals surface area contributed by atoms with Gasteiger partial charge in [-0.2, -0.15) is 4.98 Å². The lowest BCUT2D eigenvalue weighted by molar-refractivity contribution is -0.108. The number of benzene rings is 1. The van der Waals surface area contributed by atoms with Gasteiger partial charge in [-0.05, 0) is 56.1 Å². The first-order chi connectivity index (χ1) is 16.0. The number of nitrogens with zero attached hydrogens (tertiary/aromatic N) is 4. The van der Waals surface area contributed by atoms with Gasteiger partial charge < -0.3 is 19.3 Å². The highest BCUT2D eigenvalue weighted by Crippen LogP contribution is 2.46. The van der Waals surface area contributed by atoms with Gasteiger partial charge in [-0.15, -0.1) is 11.8 Å². The van der Waals surface area contributed by atoms with Gasteiger partial charge in [-0.1, -0.05) is 11.6 Å². The Morgan fingerprint density at radius 1 is 1.38 bits per heavy atom. The second kappa shape index (κ2) is 9.70. The molecule has 1 aromatic carbocycles. The van der Waals surface area contributed by atoms with Crippen LogP contribution in [0.1, 0.15) is 46.6 Å². The van der Waals surface area contributed by atoms with Gasteiger partial charge in [-0.25, -0.2) is 9.59 Å². The average molecular weight is 572 g/mol. The highest BCUT2D eigenvalue weighted by atomic mass is 79.9. The molecule has 0 saturated carbocycles. The third-order valence-electron chi connectivity index (χ3n) is 5.99. The molecule has 1 aromatic heterocycles. The molecule has 0 spiro atoms. The summed E-state index contributed by atoms with van der Waals surface area (Å²) in [5, 5.41) is 1.35. The molecule has 8 nitrogen and oxygen atoms in total. The predicted molar refractivity (Wildman–Crippen MR) is 138 cm³/mol. The molecule has 1 amide bonds. The zero-order valence-corrected chi connectivity index (χ0v) is 22.8. The lowest BCUT2D eigenvalue weighted by Crippen LogP contribution is -2.55. The Morgan fingerprint density at radius 3 is 2.76 bits per heavy atom. The van der Waals surface area contributed by atoms with E-state index in [1.807, 2.05) is 33.8 Å². The van der Waals surface area contributed by atoms with Crippen molar-refractivity contribution in [2.75, 3.05) is 30.3 Å². The minimum atomic E-state index is -0.563. The van der Waals surface area contributed by atoms with Crippen molar-refractivity contribution in [3.05, 3.63) is 26.0 Å². The molecule has 4 rings (SSSR count). The van der Waals surface area contributed by atoms with Gasteiger partial charge in [0.1, 0.15) is 17.7 Å². The van der Waals surface area contributed by atoms with Crippen molar-refractivity contribution in [2.45, 2.75) is 63.1 Å². The number of piperazine rings is 1. The molecule has 0 N–H and O–H groups in total. The Labute approximate surface area is 216 Å². The largest absolute Gasteiger partial charge is 0.444 e. The van der Waals surface area contributed by atoms with Crippen molar-refractivity contribution in [2.24, 2.45) is 0 Å². The van der Waals surface area contributed by atoms with Gasteiger partial charge in [0.25, 0.3) is 0 Å². The van der Waals surface area contributed by atoms with E-state index in [1.54, 1.807) is 21.2 Å². The van der Waals surface area contributed by atoms with Crippen molar-refractivity contribution < 1.29 is 14.3 Å². The molecule has 2 aliphatic heterocycles. The number of hydrogen-bond acceptors (Lipinski definition) is 7. The van der Waals surface area contributed by atoms with Crippen molar-refractivity contribution in [1.29, 1.82) is 0 Å². The van der Waals surface area contributed by atoms with E-state index in [1.165, 1.54) is 0 Å². The Kier molecular flexibility index (Phi) is 7.22. The molecule has 3 heterocycles. The fourth-order valence-corrected chi connectivity index (χ4v) is 6.65. The zero-order chi connectivity index (χ0) is 24.8. The summed E-state index contributed by atoms with van der Waals surface area (Å²) in [5.41, 5.74) is -0.109. The van der Waals surface area contributed by atoms with Crippen LogP contribution in [0.5, 0.6) is 0 Å². The number of aldehydes is 1. The van der Waals surface area contributed by atoms with Gasteiger partial charge in [0.2, 0.25) is 0 Å². The molecule has 1 fully saturated rings. The molecular formula is C23H28BrClN4O4S. The van der Waals surface area contributed by atoms with E-state index in [4.69, 9.17) is 16.3 Å². The molecule has 1 saturated heterocycles. The Hall–Kier alpha value is -1.78. The van der Waals surface area contributed by atoms with Crippen LogP contribution < -0.4 is 10.6 Å². The maximum Gasteiger partial charge on any atom is 0.410 e. The van der Waals surface area contributed by atoms with Crippen LogP contribution in [0.3, 0.4) is 0 Å². The number of amides is 1. The van der Waals surface area contributed by atoms with Crippen LogP contribution in [0.15, 0.2) is 20.2 Å². The molecule has 0 aliphatic carbocycles. The van der Waals surface area contributed by atoms with Gasteiger partial charge in [-0.3, -0.25) is 4.57 Å². The normalized spacial score (nSPS) is 20.5. The summed E-state index contributed by atoms with van der Waals surface area (Å²) in [4.78, 5) is 46.1. The second-order valence-corrected chi connectivity index (χ2v) is 11.9. The molecule has 0 bridgehead atoms. The summed E-state index contributed by atoms with van der Waals surface area (Å²) in [5.74, 6) is 1.24. The van der Waals surface area contributed by atoms with Crippen LogP contribution in [-0.4, -0.2) is 63.9 Å². The minimum Gasteiger partial charge on any atom is -0.444 e. The third kappa shape index (κ3) is 4.81. The predicted octanol–water partition coefficient (Wildman–Crippen LogP) is 4.88. The minimum absolute atomic E-state index is 0.0838. The molecule has 0 radical (unpaired) electrons. The van der Waals surface area contributed by atoms with Crippen molar-refractivity contribution in [3.8, 4) is 0 Å². The van der Waals surface area contributed by atoms with Crippen LogP contribution in [0.25, 0.3) is 10.9 Å². The van der Waals surface area contributed by atoms with Gasteiger partial charge in [0, 0.05) is 54.2 Å². The third-order valence-corrected chi connectivity index (χ3v) is 8.84. The quantitative estimate of drug-likeness (QED) is 0.484. The van der Waals surface area contributed by atoms with Crippen LogP contribution in [-0.2, 0) is 9.53 Å². The smallest absolute Gasteiger partial charge is 0.410 e. The Balaban J connectivity index is 1.75. The molecule has 34 heavy (non-hydrogen) atoms. The molecule has 2 atom stereocenters. The summed E-state index contributed by atoms with van der Waals surface area (Å²) in [7, 11) is 0. The van der Waals surface area contributed by atoms with Crippen LogP contribution in [0.2, 0.25) is 5.02 Å². The summed E-state index contributed by atoms with van der Waals surface area (Å²) in [6.45, 7) is 8.97. The van der Waals surface area contributed by atoms with Crippen LogP contribution in [0, 0.1) is 0 Å². The SMILES string of the molecule is CC1CN(C(=O)OC(C)(C)C)CCN1c1nc(=O)n2c3c(c(Br)c(Cl)cc13)SC[C@H]2CCC=O. The highest BCUT2D eigenvalue weighted by Gasteiger charge is 2.34. The molecule has 2 aromatic rings. The van der Waals surface area contributed by atoms with E-state index in [9.17, 15) is 14.4 Å². The van der Waals surface area contributed by atoms with Crippen molar-refractivity contribution >= 4 is 68.4 Å². The number of anilines is 1. The summed E-state index contributed by atoms with van der Waals surface area (Å²) in [6.07, 6.45) is 1.50. The maximum absolute atomic E-state index is 13.3. The summed E-state index contributed by atoms with van der Waals surface area (Å²) >= 11 is 11.8. The molecule has 184 valence electrons. The fourth-order valence-electron chi connectivity index (χ4n) is 4.48. The first-order valence-electron chi connectivity index (χ1n) is 11.3. The molecular weight excluding hydrogens is 544 g/mol. The molecule has 1 unspecified atom stereocenters. The van der Waals surface area contributed by atoms with E-state index >= 15 is 0 Å². The van der Waals surface area contributed by atoms with Crippen molar-refractivity contribution in [1.82, 2.24) is 14.5 Å². The van der Waals surface area contributed by atoms with E-state index in [-0.39, 0.29) is 23.9 Å². The van der Waals surface area contributed by atoms with Gasteiger partial charge in [0.15, 0.2) is 0 Å². The van der Waals surface area contributed by atoms with Crippen LogP contribution >= 0.6 is 39.3 Å². The van der Waals surface area contributed by atoms with Gasteiger partial charge in [0.05, 0.1) is 15.0 Å². The van der Waals surface area contributed by atoms with E-state index < -0.39 is 5.60 Å². The van der Waals surface area contributed by atoms with Crippen LogP contribution in [0.4, 0.5) is 10.6 Å². The monoisotopic (exact) mass is 570 g/mol. The summed E-state index contributed by atoms with van der Waals surface area (Å²) in [6, 6.07) is 1.64. The Bertz CT molecular complexity index is 1200. The lowest BCUT2D eigenvalue weighted by atomic mass is 10.1. The maximum atomic E-state index is 13.3. The Morgan fingerprint density at radius 2 is 2.12 bits per heavy atom. The number of aromatic nitrogens is 2. The topological polar surface area (TPSA) is 84.7 Å². The number of rotatable bonds is 4. The number of halogens is 2. The van der Waals surface area contributed by atoms with E-state index in [0.717, 1.165) is 26.6 Å². The molecule has 2 aliphatic rings. The number of carbonyl (C=O) groups excluding carboxylic acids is 2. The highest BCUT2D eigenvalue weighted by molar-refractivity contribution is 9.10.